The van der Waals surface area contributed by atoms with Crippen LogP contribution in [0.4, 0.5) is 5.69 Å². The van der Waals surface area contributed by atoms with E-state index in [4.69, 9.17) is 0 Å². The van der Waals surface area contributed by atoms with E-state index in [2.05, 4.69) is 10.1 Å². The molecule has 0 aliphatic carbocycles. The third-order valence-corrected chi connectivity index (χ3v) is 3.79. The molecule has 0 saturated carbocycles. The third kappa shape index (κ3) is 2.51. The topological polar surface area (TPSA) is 112 Å². The van der Waals surface area contributed by atoms with E-state index in [0.717, 1.165) is 34.2 Å². The molecule has 3 aromatic rings. The SMILES string of the molecule is Cc1cc(=O)n2nc(Cn3cc([N+](=O)[O-])ccc3=O)sc2n1. The number of hydrogen-bond donors (Lipinski definition) is 0. The molecule has 0 aliphatic rings. The number of aromatic nitrogens is 4. The van der Waals surface area contributed by atoms with Gasteiger partial charge in [0, 0.05) is 23.9 Å². The fourth-order valence-electron chi connectivity index (χ4n) is 1.92. The molecule has 22 heavy (non-hydrogen) atoms. The van der Waals surface area contributed by atoms with Gasteiger partial charge in [-0.25, -0.2) is 4.98 Å². The molecule has 112 valence electrons. The minimum atomic E-state index is -0.580. The second kappa shape index (κ2) is 5.15. The Morgan fingerprint density at radius 2 is 2.09 bits per heavy atom. The van der Waals surface area contributed by atoms with Crippen molar-refractivity contribution in [1.82, 2.24) is 19.2 Å². The fraction of sp³-hybridized carbons (Fsp3) is 0.167. The van der Waals surface area contributed by atoms with Gasteiger partial charge in [0.2, 0.25) is 4.96 Å². The third-order valence-electron chi connectivity index (χ3n) is 2.90. The van der Waals surface area contributed by atoms with Crippen molar-refractivity contribution in [2.24, 2.45) is 0 Å². The predicted octanol–water partition coefficient (Wildman–Crippen LogP) is 0.578. The average molecular weight is 319 g/mol. The predicted molar refractivity (Wildman–Crippen MR) is 78.3 cm³/mol. The normalized spacial score (nSPS) is 11.0. The van der Waals surface area contributed by atoms with Crippen LogP contribution < -0.4 is 11.1 Å². The molecule has 0 saturated heterocycles. The van der Waals surface area contributed by atoms with Crippen LogP contribution in [0.3, 0.4) is 0 Å². The van der Waals surface area contributed by atoms with Crippen molar-refractivity contribution in [2.75, 3.05) is 0 Å². The van der Waals surface area contributed by atoms with Crippen molar-refractivity contribution in [3.05, 3.63) is 65.9 Å². The van der Waals surface area contributed by atoms with Gasteiger partial charge in [-0.3, -0.25) is 19.7 Å². The number of fused-ring (bicyclic) bond motifs is 1. The van der Waals surface area contributed by atoms with Crippen LogP contribution in [0.2, 0.25) is 0 Å². The van der Waals surface area contributed by atoms with E-state index in [0.29, 0.717) is 15.7 Å². The smallest absolute Gasteiger partial charge is 0.285 e. The summed E-state index contributed by atoms with van der Waals surface area (Å²) in [4.78, 5) is 38.3. The second-order valence-corrected chi connectivity index (χ2v) is 5.58. The maximum absolute atomic E-state index is 11.8. The molecule has 0 atom stereocenters. The summed E-state index contributed by atoms with van der Waals surface area (Å²) in [7, 11) is 0. The molecule has 0 bridgehead atoms. The molecule has 0 N–H and O–H groups in total. The van der Waals surface area contributed by atoms with E-state index in [9.17, 15) is 19.7 Å². The van der Waals surface area contributed by atoms with Crippen LogP contribution in [0.5, 0.6) is 0 Å². The van der Waals surface area contributed by atoms with Crippen molar-refractivity contribution in [1.29, 1.82) is 0 Å². The van der Waals surface area contributed by atoms with E-state index in [1.807, 2.05) is 0 Å². The zero-order valence-corrected chi connectivity index (χ0v) is 12.1. The lowest BCUT2D eigenvalue weighted by molar-refractivity contribution is -0.385. The van der Waals surface area contributed by atoms with Crippen LogP contribution >= 0.6 is 11.3 Å². The Hall–Kier alpha value is -2.88. The Labute approximate surface area is 126 Å². The number of nitrogens with zero attached hydrogens (tertiary/aromatic N) is 5. The number of rotatable bonds is 3. The molecule has 0 fully saturated rings. The highest BCUT2D eigenvalue weighted by atomic mass is 32.1. The number of hydrogen-bond acceptors (Lipinski definition) is 7. The van der Waals surface area contributed by atoms with Crippen molar-refractivity contribution in [3.8, 4) is 0 Å². The Bertz CT molecular complexity index is 1000. The molecule has 0 aliphatic heterocycles. The van der Waals surface area contributed by atoms with Gasteiger partial charge in [-0.2, -0.15) is 9.61 Å². The highest BCUT2D eigenvalue weighted by Crippen LogP contribution is 2.13. The van der Waals surface area contributed by atoms with Gasteiger partial charge < -0.3 is 4.57 Å². The zero-order valence-electron chi connectivity index (χ0n) is 11.3. The molecule has 3 rings (SSSR count). The summed E-state index contributed by atoms with van der Waals surface area (Å²) in [6.07, 6.45) is 1.15. The van der Waals surface area contributed by atoms with E-state index in [1.165, 1.54) is 10.6 Å². The van der Waals surface area contributed by atoms with Crippen LogP contribution in [0.15, 0.2) is 34.0 Å². The van der Waals surface area contributed by atoms with Crippen LogP contribution in [0, 0.1) is 17.0 Å². The van der Waals surface area contributed by atoms with Gasteiger partial charge in [-0.1, -0.05) is 11.3 Å². The summed E-state index contributed by atoms with van der Waals surface area (Å²) in [5.74, 6) is 0. The van der Waals surface area contributed by atoms with Crippen LogP contribution in [0.1, 0.15) is 10.7 Å². The molecule has 9 nitrogen and oxygen atoms in total. The second-order valence-electron chi connectivity index (χ2n) is 4.54. The van der Waals surface area contributed by atoms with Crippen molar-refractivity contribution in [2.45, 2.75) is 13.5 Å². The molecular weight excluding hydrogens is 310 g/mol. The molecule has 0 aromatic carbocycles. The number of pyridine rings is 1. The first kappa shape index (κ1) is 14.1. The van der Waals surface area contributed by atoms with Gasteiger partial charge in [-0.15, -0.1) is 0 Å². The molecule has 0 spiro atoms. The van der Waals surface area contributed by atoms with E-state index in [-0.39, 0.29) is 23.4 Å². The first-order valence-corrected chi connectivity index (χ1v) is 6.97. The number of aryl methyl sites for hydroxylation is 1. The fourth-order valence-corrected chi connectivity index (χ4v) is 2.86. The Morgan fingerprint density at radius 1 is 1.32 bits per heavy atom. The maximum Gasteiger partial charge on any atom is 0.285 e. The highest BCUT2D eigenvalue weighted by Gasteiger charge is 2.12. The number of nitro groups is 1. The molecule has 0 amide bonds. The lowest BCUT2D eigenvalue weighted by Crippen LogP contribution is -2.20. The molecule has 0 unspecified atom stereocenters. The highest BCUT2D eigenvalue weighted by molar-refractivity contribution is 7.16. The first-order valence-electron chi connectivity index (χ1n) is 6.15. The van der Waals surface area contributed by atoms with Gasteiger partial charge in [0.05, 0.1) is 17.7 Å². The lowest BCUT2D eigenvalue weighted by atomic mass is 10.4. The standard InChI is InChI=1S/C12H9N5O4S/c1-7-4-11(19)16-12(13-7)22-9(14-16)6-15-5-8(17(20)21)2-3-10(15)18/h2-5H,6H2,1H3. The lowest BCUT2D eigenvalue weighted by Gasteiger charge is -2.01. The molecular formula is C12H9N5O4S. The molecule has 3 heterocycles. The summed E-state index contributed by atoms with van der Waals surface area (Å²) in [6.45, 7) is 1.73. The minimum Gasteiger partial charge on any atom is -0.302 e. The minimum absolute atomic E-state index is 0.0347. The van der Waals surface area contributed by atoms with Gasteiger partial charge in [0.25, 0.3) is 16.8 Å². The summed E-state index contributed by atoms with van der Waals surface area (Å²) in [5.41, 5.74) is -0.308. The molecule has 10 heteroatoms. The monoisotopic (exact) mass is 319 g/mol. The van der Waals surface area contributed by atoms with Gasteiger partial charge in [0.15, 0.2) is 0 Å². The van der Waals surface area contributed by atoms with E-state index in [1.54, 1.807) is 6.92 Å². The van der Waals surface area contributed by atoms with E-state index < -0.39 is 4.92 Å². The summed E-state index contributed by atoms with van der Waals surface area (Å²) < 4.78 is 2.32. The quantitative estimate of drug-likeness (QED) is 0.515. The Balaban J connectivity index is 2.05. The van der Waals surface area contributed by atoms with Crippen LogP contribution in [-0.2, 0) is 6.54 Å². The summed E-state index contributed by atoms with van der Waals surface area (Å²) in [5, 5.41) is 15.3. The maximum atomic E-state index is 11.8. The van der Waals surface area contributed by atoms with Crippen molar-refractivity contribution >= 4 is 22.0 Å². The molecule has 0 radical (unpaired) electrons. The summed E-state index contributed by atoms with van der Waals surface area (Å²) >= 11 is 1.15. The van der Waals surface area contributed by atoms with Gasteiger partial charge in [-0.05, 0) is 6.92 Å². The largest absolute Gasteiger partial charge is 0.302 e. The van der Waals surface area contributed by atoms with Crippen LogP contribution in [0.25, 0.3) is 4.96 Å². The van der Waals surface area contributed by atoms with Crippen molar-refractivity contribution < 1.29 is 4.92 Å². The zero-order chi connectivity index (χ0) is 15.9. The average Bonchev–Trinajstić information content (AvgIpc) is 2.83. The van der Waals surface area contributed by atoms with Crippen molar-refractivity contribution in [3.63, 3.8) is 0 Å². The van der Waals surface area contributed by atoms with E-state index >= 15 is 0 Å². The van der Waals surface area contributed by atoms with Crippen LogP contribution in [-0.4, -0.2) is 24.1 Å². The van der Waals surface area contributed by atoms with Gasteiger partial charge in [0.1, 0.15) is 5.01 Å². The Kier molecular flexibility index (Phi) is 3.29. The first-order chi connectivity index (χ1) is 10.4. The molecule has 3 aromatic heterocycles. The van der Waals surface area contributed by atoms with Gasteiger partial charge >= 0.3 is 0 Å². The summed E-state index contributed by atoms with van der Waals surface area (Å²) in [6, 6.07) is 3.63. The Morgan fingerprint density at radius 3 is 2.82 bits per heavy atom.